The van der Waals surface area contributed by atoms with Gasteiger partial charge in [-0.25, -0.2) is 0 Å². The lowest BCUT2D eigenvalue weighted by molar-refractivity contribution is 0.350. The second-order valence-electron chi connectivity index (χ2n) is 2.04. The molecule has 0 heterocycles. The Morgan fingerprint density at radius 3 is 2.60 bits per heavy atom. The Labute approximate surface area is 62.5 Å². The summed E-state index contributed by atoms with van der Waals surface area (Å²) in [5.74, 6) is 11.0. The molecule has 0 radical (unpaired) electrons. The average Bonchev–Trinajstić information content (AvgIpc) is 1.98. The lowest BCUT2D eigenvalue weighted by Crippen LogP contribution is -1.83. The molecule has 0 aromatic carbocycles. The number of hydrogen-bond donors (Lipinski definition) is 1. The van der Waals surface area contributed by atoms with E-state index < -0.39 is 0 Å². The summed E-state index contributed by atoms with van der Waals surface area (Å²) in [7, 11) is 0. The predicted octanol–water partition coefficient (Wildman–Crippen LogP) is 1.03. The standard InChI is InChI=1S/C9H12O/c1-3-9(2)7-5-4-6-8-10/h9-10H,3,8H2,1-2H3. The van der Waals surface area contributed by atoms with Gasteiger partial charge in [-0.3, -0.25) is 0 Å². The van der Waals surface area contributed by atoms with Gasteiger partial charge in [-0.1, -0.05) is 25.7 Å². The zero-order valence-electron chi connectivity index (χ0n) is 6.44. The van der Waals surface area contributed by atoms with Crippen LogP contribution in [-0.2, 0) is 0 Å². The van der Waals surface area contributed by atoms with Crippen molar-refractivity contribution in [2.24, 2.45) is 5.92 Å². The van der Waals surface area contributed by atoms with E-state index in [0.29, 0.717) is 5.92 Å². The second kappa shape index (κ2) is 6.20. The van der Waals surface area contributed by atoms with Crippen LogP contribution in [0.5, 0.6) is 0 Å². The van der Waals surface area contributed by atoms with E-state index in [2.05, 4.69) is 30.6 Å². The van der Waals surface area contributed by atoms with E-state index in [9.17, 15) is 0 Å². The molecular weight excluding hydrogens is 124 g/mol. The molecule has 0 rings (SSSR count). The minimum Gasteiger partial charge on any atom is -0.384 e. The molecule has 1 unspecified atom stereocenters. The van der Waals surface area contributed by atoms with Gasteiger partial charge in [-0.05, 0) is 18.3 Å². The molecule has 1 atom stereocenters. The van der Waals surface area contributed by atoms with E-state index >= 15 is 0 Å². The Kier molecular flexibility index (Phi) is 5.63. The number of rotatable bonds is 1. The third-order valence-electron chi connectivity index (χ3n) is 1.16. The second-order valence-corrected chi connectivity index (χ2v) is 2.04. The zero-order chi connectivity index (χ0) is 7.82. The summed E-state index contributed by atoms with van der Waals surface area (Å²) in [6.45, 7) is 4.03. The van der Waals surface area contributed by atoms with Crippen LogP contribution in [0.4, 0.5) is 0 Å². The van der Waals surface area contributed by atoms with Crippen LogP contribution < -0.4 is 0 Å². The highest BCUT2D eigenvalue weighted by molar-refractivity contribution is 5.26. The molecule has 0 bridgehead atoms. The first-order valence-corrected chi connectivity index (χ1v) is 3.40. The molecule has 0 saturated heterocycles. The maximum atomic E-state index is 8.25. The fraction of sp³-hybridized carbons (Fsp3) is 0.556. The highest BCUT2D eigenvalue weighted by atomic mass is 16.2. The summed E-state index contributed by atoms with van der Waals surface area (Å²) < 4.78 is 0. The summed E-state index contributed by atoms with van der Waals surface area (Å²) in [4.78, 5) is 0. The van der Waals surface area contributed by atoms with Gasteiger partial charge in [-0.2, -0.15) is 0 Å². The van der Waals surface area contributed by atoms with Gasteiger partial charge >= 0.3 is 0 Å². The topological polar surface area (TPSA) is 20.2 Å². The minimum atomic E-state index is -0.102. The van der Waals surface area contributed by atoms with Crippen LogP contribution in [0.25, 0.3) is 0 Å². The van der Waals surface area contributed by atoms with E-state index in [1.54, 1.807) is 0 Å². The molecule has 0 aromatic heterocycles. The first-order valence-electron chi connectivity index (χ1n) is 3.40. The Morgan fingerprint density at radius 2 is 2.10 bits per heavy atom. The number of hydrogen-bond acceptors (Lipinski definition) is 1. The normalized spacial score (nSPS) is 10.3. The fourth-order valence-electron chi connectivity index (χ4n) is 0.345. The largest absolute Gasteiger partial charge is 0.384 e. The maximum Gasteiger partial charge on any atom is 0.105 e. The van der Waals surface area contributed by atoms with E-state index in [1.165, 1.54) is 0 Å². The number of aliphatic hydroxyl groups is 1. The Balaban J connectivity index is 3.68. The quantitative estimate of drug-likeness (QED) is 0.534. The van der Waals surface area contributed by atoms with Crippen LogP contribution in [-0.4, -0.2) is 11.7 Å². The molecule has 0 aromatic rings. The highest BCUT2D eigenvalue weighted by Gasteiger charge is 1.86. The van der Waals surface area contributed by atoms with Gasteiger partial charge < -0.3 is 5.11 Å². The van der Waals surface area contributed by atoms with Crippen molar-refractivity contribution in [3.63, 3.8) is 0 Å². The van der Waals surface area contributed by atoms with Crippen LogP contribution in [0.1, 0.15) is 20.3 Å². The van der Waals surface area contributed by atoms with Gasteiger partial charge in [0.25, 0.3) is 0 Å². The Hall–Kier alpha value is -0.920. The third kappa shape index (κ3) is 5.22. The molecule has 0 saturated carbocycles. The Bertz CT molecular complexity index is 184. The summed E-state index contributed by atoms with van der Waals surface area (Å²) in [6, 6.07) is 0. The van der Waals surface area contributed by atoms with Crippen LogP contribution >= 0.6 is 0 Å². The molecule has 0 aliphatic carbocycles. The predicted molar refractivity (Wildman–Crippen MR) is 42.1 cm³/mol. The third-order valence-corrected chi connectivity index (χ3v) is 1.16. The first-order chi connectivity index (χ1) is 4.81. The minimum absolute atomic E-state index is 0.102. The fourth-order valence-corrected chi connectivity index (χ4v) is 0.345. The van der Waals surface area contributed by atoms with Crippen LogP contribution in [0.3, 0.4) is 0 Å². The molecule has 0 aliphatic rings. The van der Waals surface area contributed by atoms with Crippen molar-refractivity contribution >= 4 is 0 Å². The van der Waals surface area contributed by atoms with Gasteiger partial charge in [0.15, 0.2) is 0 Å². The van der Waals surface area contributed by atoms with Gasteiger partial charge in [0.1, 0.15) is 6.61 Å². The molecule has 1 heteroatoms. The molecule has 1 nitrogen and oxygen atoms in total. The molecule has 10 heavy (non-hydrogen) atoms. The highest BCUT2D eigenvalue weighted by Crippen LogP contribution is 1.95. The van der Waals surface area contributed by atoms with Gasteiger partial charge in [0, 0.05) is 5.92 Å². The molecular formula is C9H12O. The SMILES string of the molecule is CCC(C)C#CC#CCO. The smallest absolute Gasteiger partial charge is 0.105 e. The van der Waals surface area contributed by atoms with Crippen molar-refractivity contribution in [2.45, 2.75) is 20.3 Å². The molecule has 0 fully saturated rings. The Morgan fingerprint density at radius 1 is 1.40 bits per heavy atom. The van der Waals surface area contributed by atoms with E-state index in [1.807, 2.05) is 6.92 Å². The van der Waals surface area contributed by atoms with Crippen LogP contribution in [0.2, 0.25) is 0 Å². The lowest BCUT2D eigenvalue weighted by atomic mass is 10.1. The van der Waals surface area contributed by atoms with Crippen molar-refractivity contribution in [3.05, 3.63) is 0 Å². The first kappa shape index (κ1) is 9.08. The molecule has 54 valence electrons. The summed E-state index contributed by atoms with van der Waals surface area (Å²) in [5, 5.41) is 8.25. The monoisotopic (exact) mass is 136 g/mol. The van der Waals surface area contributed by atoms with Gasteiger partial charge in [0.2, 0.25) is 0 Å². The van der Waals surface area contributed by atoms with Gasteiger partial charge in [-0.15, -0.1) is 0 Å². The lowest BCUT2D eigenvalue weighted by Gasteiger charge is -1.91. The van der Waals surface area contributed by atoms with Crippen molar-refractivity contribution in [3.8, 4) is 23.7 Å². The van der Waals surface area contributed by atoms with Crippen molar-refractivity contribution in [2.75, 3.05) is 6.61 Å². The van der Waals surface area contributed by atoms with E-state index in [0.717, 1.165) is 6.42 Å². The zero-order valence-corrected chi connectivity index (χ0v) is 6.44. The summed E-state index contributed by atoms with van der Waals surface area (Å²) in [5.41, 5.74) is 0. The molecule has 1 N–H and O–H groups in total. The summed E-state index contributed by atoms with van der Waals surface area (Å²) >= 11 is 0. The molecule has 0 spiro atoms. The number of aliphatic hydroxyl groups excluding tert-OH is 1. The maximum absolute atomic E-state index is 8.25. The van der Waals surface area contributed by atoms with Crippen molar-refractivity contribution < 1.29 is 5.11 Å². The van der Waals surface area contributed by atoms with E-state index in [4.69, 9.17) is 5.11 Å². The molecule has 0 aliphatic heterocycles. The van der Waals surface area contributed by atoms with E-state index in [-0.39, 0.29) is 6.61 Å². The average molecular weight is 136 g/mol. The van der Waals surface area contributed by atoms with Crippen molar-refractivity contribution in [1.29, 1.82) is 0 Å². The van der Waals surface area contributed by atoms with Gasteiger partial charge in [0.05, 0.1) is 0 Å². The molecule has 0 amide bonds. The summed E-state index contributed by atoms with van der Waals surface area (Å²) in [6.07, 6.45) is 1.05. The van der Waals surface area contributed by atoms with Crippen molar-refractivity contribution in [1.82, 2.24) is 0 Å². The van der Waals surface area contributed by atoms with Crippen LogP contribution in [0.15, 0.2) is 0 Å². The van der Waals surface area contributed by atoms with Crippen LogP contribution in [0, 0.1) is 29.6 Å².